The molecule has 0 nitrogen and oxygen atoms in total. The van der Waals surface area contributed by atoms with Gasteiger partial charge in [0.1, 0.15) is 0 Å². The van der Waals surface area contributed by atoms with Gasteiger partial charge in [-0.3, -0.25) is 0 Å². The number of aryl methyl sites for hydroxylation is 1. The first kappa shape index (κ1) is 10.6. The van der Waals surface area contributed by atoms with E-state index in [9.17, 15) is 0 Å². The summed E-state index contributed by atoms with van der Waals surface area (Å²) in [6.45, 7) is 6.69. The number of benzene rings is 1. The Labute approximate surface area is 85.9 Å². The van der Waals surface area contributed by atoms with E-state index in [4.69, 9.17) is 11.6 Å². The fourth-order valence-corrected chi connectivity index (χ4v) is 1.52. The molecule has 1 heteroatoms. The van der Waals surface area contributed by atoms with Crippen molar-refractivity contribution in [2.45, 2.75) is 32.6 Å². The summed E-state index contributed by atoms with van der Waals surface area (Å²) in [6.07, 6.45) is 0.964. The van der Waals surface area contributed by atoms with Crippen molar-refractivity contribution in [3.8, 4) is 0 Å². The van der Waals surface area contributed by atoms with Crippen LogP contribution in [0.15, 0.2) is 24.3 Å². The van der Waals surface area contributed by atoms with Gasteiger partial charge in [-0.15, -0.1) is 11.6 Å². The quantitative estimate of drug-likeness (QED) is 0.632. The normalized spacial score (nSPS) is 11.7. The zero-order valence-electron chi connectivity index (χ0n) is 8.60. The van der Waals surface area contributed by atoms with Gasteiger partial charge in [-0.2, -0.15) is 0 Å². The third-order valence-electron chi connectivity index (χ3n) is 2.18. The molecule has 1 aromatic carbocycles. The van der Waals surface area contributed by atoms with E-state index in [1.165, 1.54) is 11.1 Å². The van der Waals surface area contributed by atoms with Crippen molar-refractivity contribution in [1.82, 2.24) is 0 Å². The van der Waals surface area contributed by atoms with E-state index < -0.39 is 0 Å². The van der Waals surface area contributed by atoms with E-state index in [2.05, 4.69) is 45.0 Å². The lowest BCUT2D eigenvalue weighted by atomic mass is 9.86. The van der Waals surface area contributed by atoms with Crippen molar-refractivity contribution in [2.75, 3.05) is 5.88 Å². The molecular formula is C12H17Cl. The topological polar surface area (TPSA) is 0 Å². The molecule has 0 aliphatic carbocycles. The van der Waals surface area contributed by atoms with Crippen LogP contribution in [0.25, 0.3) is 0 Å². The molecule has 1 aromatic rings. The predicted molar refractivity (Wildman–Crippen MR) is 59.6 cm³/mol. The number of hydrogen-bond acceptors (Lipinski definition) is 0. The molecule has 0 heterocycles. The zero-order chi connectivity index (χ0) is 9.90. The van der Waals surface area contributed by atoms with E-state index >= 15 is 0 Å². The number of halogens is 1. The second-order valence-electron chi connectivity index (χ2n) is 4.39. The van der Waals surface area contributed by atoms with Crippen LogP contribution in [-0.4, -0.2) is 5.88 Å². The summed E-state index contributed by atoms with van der Waals surface area (Å²) in [4.78, 5) is 0. The van der Waals surface area contributed by atoms with Gasteiger partial charge in [0.05, 0.1) is 0 Å². The Balaban J connectivity index is 2.92. The van der Waals surface area contributed by atoms with Gasteiger partial charge >= 0.3 is 0 Å². The predicted octanol–water partition coefficient (Wildman–Crippen LogP) is 3.77. The SMILES string of the molecule is CC(C)(C)c1cccc(CCCl)c1. The highest BCUT2D eigenvalue weighted by molar-refractivity contribution is 6.17. The maximum absolute atomic E-state index is 5.70. The van der Waals surface area contributed by atoms with Crippen LogP contribution in [-0.2, 0) is 11.8 Å². The van der Waals surface area contributed by atoms with Gasteiger partial charge in [0.25, 0.3) is 0 Å². The van der Waals surface area contributed by atoms with E-state index in [0.717, 1.165) is 6.42 Å². The van der Waals surface area contributed by atoms with Crippen LogP contribution in [0, 0.1) is 0 Å². The highest BCUT2D eigenvalue weighted by atomic mass is 35.5. The fourth-order valence-electron chi connectivity index (χ4n) is 1.30. The van der Waals surface area contributed by atoms with E-state index in [-0.39, 0.29) is 5.41 Å². The third-order valence-corrected chi connectivity index (χ3v) is 2.37. The molecule has 0 spiro atoms. The first-order valence-corrected chi connectivity index (χ1v) is 5.23. The second-order valence-corrected chi connectivity index (χ2v) is 4.77. The summed E-state index contributed by atoms with van der Waals surface area (Å²) < 4.78 is 0. The Morgan fingerprint density at radius 1 is 1.23 bits per heavy atom. The molecule has 0 radical (unpaired) electrons. The molecule has 0 unspecified atom stereocenters. The van der Waals surface area contributed by atoms with Gasteiger partial charge < -0.3 is 0 Å². The molecule has 0 atom stereocenters. The number of alkyl halides is 1. The van der Waals surface area contributed by atoms with Gasteiger partial charge in [0, 0.05) is 5.88 Å². The largest absolute Gasteiger partial charge is 0.126 e. The minimum Gasteiger partial charge on any atom is -0.126 e. The molecule has 72 valence electrons. The van der Waals surface area contributed by atoms with Gasteiger partial charge in [0.15, 0.2) is 0 Å². The van der Waals surface area contributed by atoms with Crippen LogP contribution in [0.3, 0.4) is 0 Å². The average molecular weight is 197 g/mol. The van der Waals surface area contributed by atoms with Crippen LogP contribution >= 0.6 is 11.6 Å². The summed E-state index contributed by atoms with van der Waals surface area (Å²) in [7, 11) is 0. The average Bonchev–Trinajstić information content (AvgIpc) is 2.04. The lowest BCUT2D eigenvalue weighted by molar-refractivity contribution is 0.589. The molecule has 0 saturated carbocycles. The summed E-state index contributed by atoms with van der Waals surface area (Å²) in [5, 5.41) is 0. The third kappa shape index (κ3) is 3.04. The highest BCUT2D eigenvalue weighted by Gasteiger charge is 2.12. The maximum atomic E-state index is 5.70. The van der Waals surface area contributed by atoms with Crippen LogP contribution < -0.4 is 0 Å². The maximum Gasteiger partial charge on any atom is 0.0263 e. The Bertz CT molecular complexity index is 271. The van der Waals surface area contributed by atoms with Crippen molar-refractivity contribution in [2.24, 2.45) is 0 Å². The van der Waals surface area contributed by atoms with Gasteiger partial charge in [-0.25, -0.2) is 0 Å². The van der Waals surface area contributed by atoms with Crippen molar-refractivity contribution < 1.29 is 0 Å². The Morgan fingerprint density at radius 2 is 1.92 bits per heavy atom. The van der Waals surface area contributed by atoms with E-state index in [1.54, 1.807) is 0 Å². The number of hydrogen-bond donors (Lipinski definition) is 0. The van der Waals surface area contributed by atoms with Crippen molar-refractivity contribution >= 4 is 11.6 Å². The van der Waals surface area contributed by atoms with Crippen LogP contribution in [0.5, 0.6) is 0 Å². The molecule has 0 fully saturated rings. The minimum atomic E-state index is 0.238. The molecule has 0 bridgehead atoms. The summed E-state index contributed by atoms with van der Waals surface area (Å²) in [5.41, 5.74) is 2.96. The zero-order valence-corrected chi connectivity index (χ0v) is 9.36. The van der Waals surface area contributed by atoms with Crippen LogP contribution in [0.4, 0.5) is 0 Å². The Morgan fingerprint density at radius 3 is 2.46 bits per heavy atom. The van der Waals surface area contributed by atoms with E-state index in [1.807, 2.05) is 0 Å². The van der Waals surface area contributed by atoms with Crippen LogP contribution in [0.1, 0.15) is 31.9 Å². The lowest BCUT2D eigenvalue weighted by Gasteiger charge is -2.19. The monoisotopic (exact) mass is 196 g/mol. The summed E-state index contributed by atoms with van der Waals surface area (Å²) in [5.74, 6) is 0.702. The lowest BCUT2D eigenvalue weighted by Crippen LogP contribution is -2.11. The van der Waals surface area contributed by atoms with Crippen LogP contribution in [0.2, 0.25) is 0 Å². The Hall–Kier alpha value is -0.490. The smallest absolute Gasteiger partial charge is 0.0263 e. The standard InChI is InChI=1S/C12H17Cl/c1-12(2,3)11-6-4-5-10(9-11)7-8-13/h4-6,9H,7-8H2,1-3H3. The molecular weight excluding hydrogens is 180 g/mol. The molecule has 0 aromatic heterocycles. The van der Waals surface area contributed by atoms with Gasteiger partial charge in [-0.05, 0) is 23.0 Å². The van der Waals surface area contributed by atoms with Gasteiger partial charge in [-0.1, -0.05) is 45.0 Å². The van der Waals surface area contributed by atoms with Crippen molar-refractivity contribution in [1.29, 1.82) is 0 Å². The molecule has 0 amide bonds. The molecule has 0 aliphatic rings. The molecule has 0 N–H and O–H groups in total. The number of rotatable bonds is 2. The first-order chi connectivity index (χ1) is 6.04. The minimum absolute atomic E-state index is 0.238. The Kier molecular flexibility index (Phi) is 3.38. The van der Waals surface area contributed by atoms with Gasteiger partial charge in [0.2, 0.25) is 0 Å². The summed E-state index contributed by atoms with van der Waals surface area (Å²) in [6, 6.07) is 8.68. The van der Waals surface area contributed by atoms with Crippen molar-refractivity contribution in [3.63, 3.8) is 0 Å². The molecule has 1 rings (SSSR count). The fraction of sp³-hybridized carbons (Fsp3) is 0.500. The summed E-state index contributed by atoms with van der Waals surface area (Å²) >= 11 is 5.70. The molecule has 0 aliphatic heterocycles. The second kappa shape index (κ2) is 4.15. The molecule has 0 saturated heterocycles. The molecule has 13 heavy (non-hydrogen) atoms. The highest BCUT2D eigenvalue weighted by Crippen LogP contribution is 2.22. The van der Waals surface area contributed by atoms with E-state index in [0.29, 0.717) is 5.88 Å². The van der Waals surface area contributed by atoms with Crippen molar-refractivity contribution in [3.05, 3.63) is 35.4 Å². The first-order valence-electron chi connectivity index (χ1n) is 4.69.